The molecule has 1 heterocycles. The standard InChI is InChI=1S/C23H30N2O3/c1-28-7-3-6-20(26)18-13-24-19-5-2-4-17(19)22(18)25-21-15-8-14-9-16(21)12-23(27,10-14)11-15/h2,4,13-16,21,27H,3,5-12H2,1H3,(H,24,25). The quantitative estimate of drug-likeness (QED) is 0.557. The number of ether oxygens (including phenoxy) is 1. The normalized spacial score (nSPS) is 34.6. The van der Waals surface area contributed by atoms with Crippen LogP contribution in [0.2, 0.25) is 0 Å². The minimum absolute atomic E-state index is 0.137. The first-order chi connectivity index (χ1) is 13.6. The number of rotatable bonds is 7. The topological polar surface area (TPSA) is 71.5 Å². The summed E-state index contributed by atoms with van der Waals surface area (Å²) in [5, 5.41) is 14.7. The van der Waals surface area contributed by atoms with E-state index in [1.54, 1.807) is 13.3 Å². The van der Waals surface area contributed by atoms with Gasteiger partial charge in [0.25, 0.3) is 0 Å². The predicted molar refractivity (Wildman–Crippen MR) is 108 cm³/mol. The Labute approximate surface area is 166 Å². The summed E-state index contributed by atoms with van der Waals surface area (Å²) in [6.45, 7) is 0.597. The van der Waals surface area contributed by atoms with E-state index in [0.717, 1.165) is 49.0 Å². The summed E-state index contributed by atoms with van der Waals surface area (Å²) in [4.78, 5) is 17.5. The van der Waals surface area contributed by atoms with Crippen LogP contribution in [0.25, 0.3) is 6.08 Å². The van der Waals surface area contributed by atoms with Gasteiger partial charge in [0.2, 0.25) is 0 Å². The SMILES string of the molecule is COCCCC(=O)c1cnc2c(c1NC1C3CC4CC1CC(O)(C4)C3)C=CC2. The zero-order valence-electron chi connectivity index (χ0n) is 16.6. The van der Waals surface area contributed by atoms with Crippen molar-refractivity contribution in [3.63, 3.8) is 0 Å². The molecule has 5 heteroatoms. The van der Waals surface area contributed by atoms with Crippen molar-refractivity contribution in [3.05, 3.63) is 29.1 Å². The number of carbonyl (C=O) groups excluding carboxylic acids is 1. The molecule has 0 aliphatic heterocycles. The molecule has 0 saturated heterocycles. The highest BCUT2D eigenvalue weighted by molar-refractivity contribution is 6.03. The second-order valence-corrected chi connectivity index (χ2v) is 9.40. The number of fused-ring (bicyclic) bond motifs is 1. The number of Topliss-reactive ketones (excluding diaryl/α,β-unsaturated/α-hetero) is 1. The fourth-order valence-electron chi connectivity index (χ4n) is 6.46. The minimum atomic E-state index is -0.437. The fraction of sp³-hybridized carbons (Fsp3) is 0.652. The van der Waals surface area contributed by atoms with E-state index in [4.69, 9.17) is 4.74 Å². The fourth-order valence-corrected chi connectivity index (χ4v) is 6.46. The van der Waals surface area contributed by atoms with Crippen molar-refractivity contribution in [2.45, 2.75) is 63.0 Å². The summed E-state index contributed by atoms with van der Waals surface area (Å²) >= 11 is 0. The first kappa shape index (κ1) is 18.3. The Balaban J connectivity index is 1.44. The highest BCUT2D eigenvalue weighted by atomic mass is 16.5. The first-order valence-corrected chi connectivity index (χ1v) is 10.8. The molecule has 0 spiro atoms. The Morgan fingerprint density at radius 1 is 1.32 bits per heavy atom. The molecule has 6 rings (SSSR count). The third kappa shape index (κ3) is 3.09. The van der Waals surface area contributed by atoms with Crippen LogP contribution in [-0.4, -0.2) is 41.2 Å². The van der Waals surface area contributed by atoms with Gasteiger partial charge in [-0.25, -0.2) is 0 Å². The van der Waals surface area contributed by atoms with Crippen molar-refractivity contribution < 1.29 is 14.6 Å². The summed E-state index contributed by atoms with van der Waals surface area (Å²) < 4.78 is 5.11. The van der Waals surface area contributed by atoms with E-state index in [1.807, 2.05) is 0 Å². The van der Waals surface area contributed by atoms with Crippen molar-refractivity contribution in [1.82, 2.24) is 4.98 Å². The first-order valence-electron chi connectivity index (χ1n) is 10.8. The van der Waals surface area contributed by atoms with E-state index in [2.05, 4.69) is 22.5 Å². The number of nitrogens with one attached hydrogen (secondary N) is 1. The van der Waals surface area contributed by atoms with Crippen LogP contribution in [0.4, 0.5) is 5.69 Å². The van der Waals surface area contributed by atoms with E-state index in [0.29, 0.717) is 42.4 Å². The third-order valence-electron chi connectivity index (χ3n) is 7.40. The number of methoxy groups -OCH3 is 1. The van der Waals surface area contributed by atoms with Crippen LogP contribution in [0.5, 0.6) is 0 Å². The second-order valence-electron chi connectivity index (χ2n) is 9.40. The largest absolute Gasteiger partial charge is 0.390 e. The molecule has 0 amide bonds. The van der Waals surface area contributed by atoms with Crippen molar-refractivity contribution in [3.8, 4) is 0 Å². The summed E-state index contributed by atoms with van der Waals surface area (Å²) in [6, 6.07) is 0.350. The molecule has 4 fully saturated rings. The van der Waals surface area contributed by atoms with Crippen molar-refractivity contribution in [1.29, 1.82) is 0 Å². The van der Waals surface area contributed by atoms with Crippen LogP contribution in [0, 0.1) is 17.8 Å². The van der Waals surface area contributed by atoms with E-state index in [1.165, 1.54) is 12.8 Å². The number of ketones is 1. The van der Waals surface area contributed by atoms with Gasteiger partial charge in [-0.2, -0.15) is 0 Å². The maximum Gasteiger partial charge on any atom is 0.166 e. The molecule has 5 aliphatic carbocycles. The maximum absolute atomic E-state index is 12.9. The molecule has 4 saturated carbocycles. The molecule has 5 aliphatic rings. The zero-order chi connectivity index (χ0) is 19.3. The van der Waals surface area contributed by atoms with Gasteiger partial charge in [-0.1, -0.05) is 12.2 Å². The molecular weight excluding hydrogens is 352 g/mol. The lowest BCUT2D eigenvalue weighted by Crippen LogP contribution is -2.59. The molecule has 5 nitrogen and oxygen atoms in total. The van der Waals surface area contributed by atoms with Gasteiger partial charge in [-0.3, -0.25) is 9.78 Å². The average molecular weight is 383 g/mol. The number of carbonyl (C=O) groups is 1. The van der Waals surface area contributed by atoms with Crippen LogP contribution >= 0.6 is 0 Å². The molecule has 0 radical (unpaired) electrons. The number of hydrogen-bond donors (Lipinski definition) is 2. The number of pyridine rings is 1. The average Bonchev–Trinajstić information content (AvgIpc) is 3.12. The van der Waals surface area contributed by atoms with Gasteiger partial charge in [0.15, 0.2) is 5.78 Å². The van der Waals surface area contributed by atoms with Gasteiger partial charge in [0.05, 0.1) is 22.5 Å². The van der Waals surface area contributed by atoms with Gasteiger partial charge in [-0.15, -0.1) is 0 Å². The highest BCUT2D eigenvalue weighted by Gasteiger charge is 2.54. The lowest BCUT2D eigenvalue weighted by molar-refractivity contribution is -0.129. The number of allylic oxidation sites excluding steroid dienone is 1. The van der Waals surface area contributed by atoms with Gasteiger partial charge < -0.3 is 15.2 Å². The Bertz CT molecular complexity index is 802. The molecule has 4 bridgehead atoms. The monoisotopic (exact) mass is 382 g/mol. The summed E-state index contributed by atoms with van der Waals surface area (Å²) in [5.74, 6) is 1.82. The van der Waals surface area contributed by atoms with Crippen LogP contribution in [0.1, 0.15) is 66.6 Å². The lowest BCUT2D eigenvalue weighted by Gasteiger charge is -2.58. The molecule has 2 N–H and O–H groups in total. The molecule has 1 aromatic heterocycles. The molecule has 28 heavy (non-hydrogen) atoms. The van der Waals surface area contributed by atoms with E-state index < -0.39 is 5.60 Å². The smallest absolute Gasteiger partial charge is 0.166 e. The molecule has 150 valence electrons. The highest BCUT2D eigenvalue weighted by Crippen LogP contribution is 2.56. The molecule has 1 aromatic rings. The molecule has 2 atom stereocenters. The molecule has 2 unspecified atom stereocenters. The van der Waals surface area contributed by atoms with E-state index in [9.17, 15) is 9.90 Å². The Morgan fingerprint density at radius 3 is 2.82 bits per heavy atom. The van der Waals surface area contributed by atoms with Gasteiger partial charge >= 0.3 is 0 Å². The Morgan fingerprint density at radius 2 is 2.11 bits per heavy atom. The summed E-state index contributed by atoms with van der Waals surface area (Å²) in [5.41, 5.74) is 3.40. The number of anilines is 1. The Kier molecular flexibility index (Phi) is 4.55. The lowest BCUT2D eigenvalue weighted by atomic mass is 9.52. The van der Waals surface area contributed by atoms with E-state index >= 15 is 0 Å². The van der Waals surface area contributed by atoms with Crippen molar-refractivity contribution in [2.75, 3.05) is 19.0 Å². The molecule has 0 aromatic carbocycles. The minimum Gasteiger partial charge on any atom is -0.390 e. The van der Waals surface area contributed by atoms with Crippen molar-refractivity contribution in [2.24, 2.45) is 17.8 Å². The zero-order valence-corrected chi connectivity index (χ0v) is 16.6. The van der Waals surface area contributed by atoms with Crippen LogP contribution < -0.4 is 5.32 Å². The van der Waals surface area contributed by atoms with E-state index in [-0.39, 0.29) is 5.78 Å². The summed E-state index contributed by atoms with van der Waals surface area (Å²) in [6.07, 6.45) is 13.2. The predicted octanol–water partition coefficient (Wildman–Crippen LogP) is 3.61. The maximum atomic E-state index is 12.9. The van der Waals surface area contributed by atoms with Gasteiger partial charge in [-0.05, 0) is 56.3 Å². The number of nitrogens with zero attached hydrogens (tertiary/aromatic N) is 1. The van der Waals surface area contributed by atoms with Crippen LogP contribution in [-0.2, 0) is 11.2 Å². The van der Waals surface area contributed by atoms with Crippen molar-refractivity contribution >= 4 is 17.5 Å². The number of aromatic nitrogens is 1. The number of aliphatic hydroxyl groups is 1. The van der Waals surface area contributed by atoms with Crippen LogP contribution in [0.3, 0.4) is 0 Å². The van der Waals surface area contributed by atoms with Crippen LogP contribution in [0.15, 0.2) is 12.3 Å². The Hall–Kier alpha value is -1.72. The van der Waals surface area contributed by atoms with Gasteiger partial charge in [0, 0.05) is 44.4 Å². The van der Waals surface area contributed by atoms with Gasteiger partial charge in [0.1, 0.15) is 0 Å². The number of hydrogen-bond acceptors (Lipinski definition) is 5. The molecular formula is C23H30N2O3. The third-order valence-corrected chi connectivity index (χ3v) is 7.40. The second kappa shape index (κ2) is 6.96. The summed E-state index contributed by atoms with van der Waals surface area (Å²) in [7, 11) is 1.67.